The van der Waals surface area contributed by atoms with E-state index in [0.29, 0.717) is 55.2 Å². The van der Waals surface area contributed by atoms with E-state index in [0.717, 1.165) is 24.5 Å². The van der Waals surface area contributed by atoms with Crippen molar-refractivity contribution in [3.63, 3.8) is 0 Å². The van der Waals surface area contributed by atoms with Crippen molar-refractivity contribution in [1.29, 1.82) is 0 Å². The summed E-state index contributed by atoms with van der Waals surface area (Å²) in [5, 5.41) is 3.58. The van der Waals surface area contributed by atoms with E-state index >= 15 is 0 Å². The minimum Gasteiger partial charge on any atom is -0.492 e. The zero-order valence-electron chi connectivity index (χ0n) is 19.5. The Balaban J connectivity index is 1.54. The first-order chi connectivity index (χ1) is 16.5. The zero-order valence-corrected chi connectivity index (χ0v) is 20.3. The van der Waals surface area contributed by atoms with Gasteiger partial charge in [-0.25, -0.2) is 0 Å². The zero-order chi connectivity index (χ0) is 24.1. The molecule has 1 N–H and O–H groups in total. The van der Waals surface area contributed by atoms with Crippen LogP contribution in [0.4, 0.5) is 17.1 Å². The molecule has 0 bridgehead atoms. The van der Waals surface area contributed by atoms with Gasteiger partial charge in [-0.05, 0) is 38.1 Å². The van der Waals surface area contributed by atoms with Crippen LogP contribution in [-0.2, 0) is 14.3 Å². The van der Waals surface area contributed by atoms with Gasteiger partial charge in [0.1, 0.15) is 11.5 Å². The molecule has 0 spiro atoms. The highest BCUT2D eigenvalue weighted by Gasteiger charge is 2.35. The average molecular weight is 488 g/mol. The number of morpholine rings is 1. The molecule has 8 nitrogen and oxygen atoms in total. The summed E-state index contributed by atoms with van der Waals surface area (Å²) in [6.07, 6.45) is 0.141. The van der Waals surface area contributed by atoms with E-state index in [1.165, 1.54) is 0 Å². The van der Waals surface area contributed by atoms with Gasteiger partial charge in [-0.1, -0.05) is 11.6 Å². The molecule has 0 aliphatic carbocycles. The van der Waals surface area contributed by atoms with Crippen LogP contribution in [0, 0.1) is 5.92 Å². The SMILES string of the molecule is CCOc1cc(N2CCOCC2)c(OCC)cc1NC(=O)C1CC(=O)N(c2ccc(Cl)cc2)C1. The van der Waals surface area contributed by atoms with Crippen LogP contribution in [-0.4, -0.2) is 57.9 Å². The second kappa shape index (κ2) is 11.0. The second-order valence-corrected chi connectivity index (χ2v) is 8.59. The maximum absolute atomic E-state index is 13.2. The average Bonchev–Trinajstić information content (AvgIpc) is 3.23. The Morgan fingerprint density at radius 1 is 1.09 bits per heavy atom. The Hall–Kier alpha value is -2.97. The topological polar surface area (TPSA) is 80.3 Å². The number of hydrogen-bond acceptors (Lipinski definition) is 6. The van der Waals surface area contributed by atoms with Crippen LogP contribution in [0.3, 0.4) is 0 Å². The third-order valence-electron chi connectivity index (χ3n) is 5.90. The molecule has 2 aromatic rings. The number of carbonyl (C=O) groups is 2. The van der Waals surface area contributed by atoms with Gasteiger partial charge in [0, 0.05) is 48.9 Å². The first-order valence-electron chi connectivity index (χ1n) is 11.6. The van der Waals surface area contributed by atoms with E-state index in [4.69, 9.17) is 25.8 Å². The molecule has 2 saturated heterocycles. The molecule has 182 valence electrons. The molecule has 2 aliphatic rings. The highest BCUT2D eigenvalue weighted by molar-refractivity contribution is 6.30. The molecule has 1 unspecified atom stereocenters. The van der Waals surface area contributed by atoms with Gasteiger partial charge in [0.05, 0.1) is 43.7 Å². The summed E-state index contributed by atoms with van der Waals surface area (Å²) in [6, 6.07) is 10.8. The fourth-order valence-corrected chi connectivity index (χ4v) is 4.36. The Bertz CT molecular complexity index is 1020. The normalized spacial score (nSPS) is 18.2. The van der Waals surface area contributed by atoms with Gasteiger partial charge >= 0.3 is 0 Å². The van der Waals surface area contributed by atoms with Crippen LogP contribution >= 0.6 is 11.6 Å². The smallest absolute Gasteiger partial charge is 0.229 e. The molecule has 2 fully saturated rings. The first kappa shape index (κ1) is 24.2. The number of ether oxygens (including phenoxy) is 3. The van der Waals surface area contributed by atoms with Gasteiger partial charge in [-0.3, -0.25) is 9.59 Å². The number of hydrogen-bond donors (Lipinski definition) is 1. The minimum atomic E-state index is -0.480. The molecular weight excluding hydrogens is 458 g/mol. The quantitative estimate of drug-likeness (QED) is 0.607. The molecule has 4 rings (SSSR count). The van der Waals surface area contributed by atoms with Crippen molar-refractivity contribution in [3.8, 4) is 11.5 Å². The molecule has 2 amide bonds. The van der Waals surface area contributed by atoms with Crippen molar-refractivity contribution < 1.29 is 23.8 Å². The Morgan fingerprint density at radius 3 is 2.44 bits per heavy atom. The molecule has 0 radical (unpaired) electrons. The molecule has 9 heteroatoms. The van der Waals surface area contributed by atoms with E-state index in [1.54, 1.807) is 29.2 Å². The monoisotopic (exact) mass is 487 g/mol. The fourth-order valence-electron chi connectivity index (χ4n) is 4.23. The third-order valence-corrected chi connectivity index (χ3v) is 6.16. The summed E-state index contributed by atoms with van der Waals surface area (Å²) in [5.41, 5.74) is 2.18. The Morgan fingerprint density at radius 2 is 1.76 bits per heavy atom. The van der Waals surface area contributed by atoms with Crippen LogP contribution in [0.15, 0.2) is 36.4 Å². The molecule has 1 atom stereocenters. The highest BCUT2D eigenvalue weighted by Crippen LogP contribution is 2.40. The molecule has 0 aromatic heterocycles. The number of benzene rings is 2. The van der Waals surface area contributed by atoms with Crippen molar-refractivity contribution in [2.45, 2.75) is 20.3 Å². The first-order valence-corrected chi connectivity index (χ1v) is 12.0. The summed E-state index contributed by atoms with van der Waals surface area (Å²) in [5.74, 6) is 0.442. The predicted octanol–water partition coefficient (Wildman–Crippen LogP) is 3.97. The maximum Gasteiger partial charge on any atom is 0.229 e. The van der Waals surface area contributed by atoms with Gasteiger partial charge in [0.2, 0.25) is 11.8 Å². The lowest BCUT2D eigenvalue weighted by Gasteiger charge is -2.31. The highest BCUT2D eigenvalue weighted by atomic mass is 35.5. The second-order valence-electron chi connectivity index (χ2n) is 8.15. The number of anilines is 3. The van der Waals surface area contributed by atoms with E-state index in [1.807, 2.05) is 26.0 Å². The van der Waals surface area contributed by atoms with Gasteiger partial charge in [0.25, 0.3) is 0 Å². The number of amides is 2. The molecule has 2 heterocycles. The number of halogens is 1. The van der Waals surface area contributed by atoms with E-state index in [-0.39, 0.29) is 18.2 Å². The van der Waals surface area contributed by atoms with Crippen molar-refractivity contribution >= 4 is 40.5 Å². The fraction of sp³-hybridized carbons (Fsp3) is 0.440. The maximum atomic E-state index is 13.2. The molecule has 2 aliphatic heterocycles. The van der Waals surface area contributed by atoms with Crippen LogP contribution in [0.25, 0.3) is 0 Å². The summed E-state index contributed by atoms with van der Waals surface area (Å²) in [6.45, 7) is 7.87. The van der Waals surface area contributed by atoms with E-state index < -0.39 is 5.92 Å². The summed E-state index contributed by atoms with van der Waals surface area (Å²) >= 11 is 5.96. The van der Waals surface area contributed by atoms with Crippen LogP contribution < -0.4 is 24.6 Å². The number of nitrogens with one attached hydrogen (secondary N) is 1. The Kier molecular flexibility index (Phi) is 7.80. The van der Waals surface area contributed by atoms with Crippen LogP contribution in [0.5, 0.6) is 11.5 Å². The molecule has 0 saturated carbocycles. The standard InChI is InChI=1S/C25H30ClN3O5/c1-3-33-22-15-21(28-9-11-32-12-10-28)23(34-4-2)14-20(22)27-25(31)17-13-24(30)29(16-17)19-7-5-18(26)6-8-19/h5-8,14-15,17H,3-4,9-13,16H2,1-2H3,(H,27,31). The third kappa shape index (κ3) is 5.39. The summed E-state index contributed by atoms with van der Waals surface area (Å²) in [4.78, 5) is 29.6. The molecule has 2 aromatic carbocycles. The number of rotatable bonds is 8. The van der Waals surface area contributed by atoms with Crippen LogP contribution in [0.1, 0.15) is 20.3 Å². The van der Waals surface area contributed by atoms with Crippen LogP contribution in [0.2, 0.25) is 5.02 Å². The summed E-state index contributed by atoms with van der Waals surface area (Å²) < 4.78 is 17.3. The largest absolute Gasteiger partial charge is 0.492 e. The van der Waals surface area contributed by atoms with Crippen molar-refractivity contribution in [1.82, 2.24) is 0 Å². The Labute approximate surface area is 204 Å². The van der Waals surface area contributed by atoms with Gasteiger partial charge in [-0.2, -0.15) is 0 Å². The number of nitrogens with zero attached hydrogens (tertiary/aromatic N) is 2. The molecule has 34 heavy (non-hydrogen) atoms. The van der Waals surface area contributed by atoms with Gasteiger partial charge in [0.15, 0.2) is 0 Å². The lowest BCUT2D eigenvalue weighted by atomic mass is 10.1. The summed E-state index contributed by atoms with van der Waals surface area (Å²) in [7, 11) is 0. The minimum absolute atomic E-state index is 0.0924. The van der Waals surface area contributed by atoms with E-state index in [2.05, 4.69) is 10.2 Å². The van der Waals surface area contributed by atoms with Crippen molar-refractivity contribution in [2.24, 2.45) is 5.92 Å². The predicted molar refractivity (Wildman–Crippen MR) is 132 cm³/mol. The van der Waals surface area contributed by atoms with Gasteiger partial charge in [-0.15, -0.1) is 0 Å². The molecular formula is C25H30ClN3O5. The van der Waals surface area contributed by atoms with Gasteiger partial charge < -0.3 is 29.3 Å². The van der Waals surface area contributed by atoms with Crippen molar-refractivity contribution in [3.05, 3.63) is 41.4 Å². The lowest BCUT2D eigenvalue weighted by molar-refractivity contribution is -0.122. The lowest BCUT2D eigenvalue weighted by Crippen LogP contribution is -2.36. The van der Waals surface area contributed by atoms with E-state index in [9.17, 15) is 9.59 Å². The van der Waals surface area contributed by atoms with Crippen molar-refractivity contribution in [2.75, 3.05) is 61.2 Å². The number of carbonyl (C=O) groups excluding carboxylic acids is 2.